The van der Waals surface area contributed by atoms with E-state index in [4.69, 9.17) is 4.74 Å². The van der Waals surface area contributed by atoms with Crippen LogP contribution in [0.15, 0.2) is 54.7 Å². The molecule has 1 aromatic heterocycles. The Balaban J connectivity index is 1.68. The number of aliphatic hydroxyl groups excluding tert-OH is 1. The van der Waals surface area contributed by atoms with E-state index in [0.29, 0.717) is 11.3 Å². The van der Waals surface area contributed by atoms with Gasteiger partial charge >= 0.3 is 5.97 Å². The second-order valence-electron chi connectivity index (χ2n) is 10.2. The van der Waals surface area contributed by atoms with E-state index in [0.717, 1.165) is 11.1 Å². The SMILES string of the molecule is CC(C)(C)NC(=O)c1cnc(Nc2ccc3c(c2)C(C)(C)OC3=O)nc1NC(CO)c1ccccc1. The standard InChI is InChI=1S/C27H31N5O4/c1-26(2,3)32-23(34)19-14-28-25(31-22(19)30-21(15-33)16-9-7-6-8-10-16)29-17-11-12-18-20(13-17)27(4,5)36-24(18)35/h6-14,21,33H,15H2,1-5H3,(H,32,34)(H2,28,29,30,31). The topological polar surface area (TPSA) is 125 Å². The van der Waals surface area contributed by atoms with E-state index >= 15 is 0 Å². The highest BCUT2D eigenvalue weighted by molar-refractivity contribution is 5.99. The van der Waals surface area contributed by atoms with Gasteiger partial charge in [-0.15, -0.1) is 0 Å². The Hall–Kier alpha value is -3.98. The van der Waals surface area contributed by atoms with Crippen molar-refractivity contribution in [3.8, 4) is 0 Å². The molecule has 1 atom stereocenters. The van der Waals surface area contributed by atoms with Gasteiger partial charge in [0.05, 0.1) is 18.2 Å². The molecule has 0 aliphatic carbocycles. The summed E-state index contributed by atoms with van der Waals surface area (Å²) < 4.78 is 5.45. The number of benzene rings is 2. The summed E-state index contributed by atoms with van der Waals surface area (Å²) in [6.07, 6.45) is 1.45. The van der Waals surface area contributed by atoms with Crippen molar-refractivity contribution in [2.45, 2.75) is 51.8 Å². The largest absolute Gasteiger partial charge is 0.451 e. The third-order valence-electron chi connectivity index (χ3n) is 5.71. The molecule has 1 aliphatic rings. The van der Waals surface area contributed by atoms with Crippen LogP contribution in [-0.2, 0) is 10.3 Å². The molecule has 188 valence electrons. The van der Waals surface area contributed by atoms with Crippen LogP contribution in [0.4, 0.5) is 17.5 Å². The van der Waals surface area contributed by atoms with E-state index in [1.165, 1.54) is 6.20 Å². The molecule has 0 radical (unpaired) electrons. The Bertz CT molecular complexity index is 1290. The number of esters is 1. The number of rotatable bonds is 7. The molecule has 0 spiro atoms. The Kier molecular flexibility index (Phi) is 6.69. The van der Waals surface area contributed by atoms with Gasteiger partial charge < -0.3 is 25.8 Å². The van der Waals surface area contributed by atoms with Gasteiger partial charge in [0.2, 0.25) is 5.95 Å². The zero-order valence-electron chi connectivity index (χ0n) is 21.0. The number of nitrogens with one attached hydrogen (secondary N) is 3. The second kappa shape index (κ2) is 9.58. The summed E-state index contributed by atoms with van der Waals surface area (Å²) in [5, 5.41) is 19.3. The summed E-state index contributed by atoms with van der Waals surface area (Å²) in [5.74, 6) is -0.166. The van der Waals surface area contributed by atoms with Crippen molar-refractivity contribution in [3.05, 3.63) is 77.0 Å². The molecule has 1 aliphatic heterocycles. The van der Waals surface area contributed by atoms with Crippen LogP contribution in [-0.4, -0.2) is 39.1 Å². The van der Waals surface area contributed by atoms with Crippen molar-refractivity contribution in [2.24, 2.45) is 0 Å². The smallest absolute Gasteiger partial charge is 0.339 e. The molecule has 0 bridgehead atoms. The fourth-order valence-electron chi connectivity index (χ4n) is 3.98. The van der Waals surface area contributed by atoms with Gasteiger partial charge in [-0.3, -0.25) is 4.79 Å². The lowest BCUT2D eigenvalue weighted by Gasteiger charge is -2.23. The lowest BCUT2D eigenvalue weighted by Crippen LogP contribution is -2.41. The highest BCUT2D eigenvalue weighted by Gasteiger charge is 2.37. The minimum absolute atomic E-state index is 0.203. The fourth-order valence-corrected chi connectivity index (χ4v) is 3.98. The van der Waals surface area contributed by atoms with Crippen LogP contribution in [0.3, 0.4) is 0 Å². The Labute approximate surface area is 210 Å². The Morgan fingerprint density at radius 1 is 1.14 bits per heavy atom. The molecule has 9 heteroatoms. The number of anilines is 3. The first-order valence-corrected chi connectivity index (χ1v) is 11.7. The molecule has 1 amide bonds. The number of nitrogens with zero attached hydrogens (tertiary/aromatic N) is 2. The first kappa shape index (κ1) is 25.1. The van der Waals surface area contributed by atoms with E-state index in [9.17, 15) is 14.7 Å². The van der Waals surface area contributed by atoms with E-state index < -0.39 is 17.2 Å². The minimum Gasteiger partial charge on any atom is -0.451 e. The molecule has 1 unspecified atom stereocenters. The van der Waals surface area contributed by atoms with Crippen molar-refractivity contribution in [3.63, 3.8) is 0 Å². The predicted octanol–water partition coefficient (Wildman–Crippen LogP) is 4.30. The zero-order valence-corrected chi connectivity index (χ0v) is 21.0. The lowest BCUT2D eigenvalue weighted by molar-refractivity contribution is 0.00953. The van der Waals surface area contributed by atoms with Crippen LogP contribution in [0.25, 0.3) is 0 Å². The van der Waals surface area contributed by atoms with Gasteiger partial charge in [-0.25, -0.2) is 9.78 Å². The monoisotopic (exact) mass is 489 g/mol. The molecule has 2 aromatic carbocycles. The van der Waals surface area contributed by atoms with Crippen LogP contribution in [0.1, 0.15) is 72.5 Å². The first-order chi connectivity index (χ1) is 17.0. The summed E-state index contributed by atoms with van der Waals surface area (Å²) in [7, 11) is 0. The van der Waals surface area contributed by atoms with Gasteiger partial charge in [0, 0.05) is 23.0 Å². The lowest BCUT2D eigenvalue weighted by atomic mass is 9.95. The Morgan fingerprint density at radius 2 is 1.86 bits per heavy atom. The third kappa shape index (κ3) is 5.46. The van der Waals surface area contributed by atoms with Crippen LogP contribution in [0.5, 0.6) is 0 Å². The Morgan fingerprint density at radius 3 is 2.53 bits per heavy atom. The molecule has 9 nitrogen and oxygen atoms in total. The molecule has 0 fully saturated rings. The van der Waals surface area contributed by atoms with E-state index in [-0.39, 0.29) is 35.8 Å². The van der Waals surface area contributed by atoms with Crippen LogP contribution >= 0.6 is 0 Å². The zero-order chi connectivity index (χ0) is 26.1. The number of fused-ring (bicyclic) bond motifs is 1. The number of aromatic nitrogens is 2. The number of hydrogen-bond donors (Lipinski definition) is 4. The molecule has 4 rings (SSSR count). The number of carbonyl (C=O) groups excluding carboxylic acids is 2. The van der Waals surface area contributed by atoms with Crippen LogP contribution in [0.2, 0.25) is 0 Å². The van der Waals surface area contributed by atoms with Crippen molar-refractivity contribution >= 4 is 29.3 Å². The maximum Gasteiger partial charge on any atom is 0.339 e. The van der Waals surface area contributed by atoms with E-state index in [2.05, 4.69) is 25.9 Å². The number of hydrogen-bond acceptors (Lipinski definition) is 8. The summed E-state index contributed by atoms with van der Waals surface area (Å²) in [5.41, 5.74) is 1.85. The van der Waals surface area contributed by atoms with Crippen LogP contribution in [0, 0.1) is 0 Å². The normalized spacial score (nSPS) is 15.0. The fraction of sp³-hybridized carbons (Fsp3) is 0.333. The van der Waals surface area contributed by atoms with E-state index in [1.54, 1.807) is 12.1 Å². The quantitative estimate of drug-likeness (QED) is 0.362. The van der Waals surface area contributed by atoms with Crippen molar-refractivity contribution in [1.82, 2.24) is 15.3 Å². The maximum absolute atomic E-state index is 13.0. The number of amides is 1. The van der Waals surface area contributed by atoms with Gasteiger partial charge in [0.25, 0.3) is 5.91 Å². The van der Waals surface area contributed by atoms with E-state index in [1.807, 2.05) is 71.0 Å². The third-order valence-corrected chi connectivity index (χ3v) is 5.71. The van der Waals surface area contributed by atoms with Crippen molar-refractivity contribution in [2.75, 3.05) is 17.2 Å². The molecule has 4 N–H and O–H groups in total. The molecule has 3 aromatic rings. The van der Waals surface area contributed by atoms with Crippen LogP contribution < -0.4 is 16.0 Å². The molecule has 36 heavy (non-hydrogen) atoms. The molecule has 2 heterocycles. The van der Waals surface area contributed by atoms with Crippen molar-refractivity contribution in [1.29, 1.82) is 0 Å². The minimum atomic E-state index is -0.739. The molecule has 0 saturated carbocycles. The highest BCUT2D eigenvalue weighted by Crippen LogP contribution is 2.37. The molecular weight excluding hydrogens is 458 g/mol. The predicted molar refractivity (Wildman–Crippen MR) is 137 cm³/mol. The van der Waals surface area contributed by atoms with Gasteiger partial charge in [-0.05, 0) is 58.4 Å². The average Bonchev–Trinajstić information content (AvgIpc) is 3.04. The van der Waals surface area contributed by atoms with Crippen molar-refractivity contribution < 1.29 is 19.4 Å². The summed E-state index contributed by atoms with van der Waals surface area (Å²) >= 11 is 0. The summed E-state index contributed by atoms with van der Waals surface area (Å²) in [6, 6.07) is 14.2. The second-order valence-corrected chi connectivity index (χ2v) is 10.2. The van der Waals surface area contributed by atoms with Gasteiger partial charge in [0.15, 0.2) is 0 Å². The number of carbonyl (C=O) groups is 2. The van der Waals surface area contributed by atoms with Gasteiger partial charge in [-0.1, -0.05) is 30.3 Å². The maximum atomic E-state index is 13.0. The first-order valence-electron chi connectivity index (χ1n) is 11.7. The number of aliphatic hydroxyl groups is 1. The molecular formula is C27H31N5O4. The number of ether oxygens (including phenoxy) is 1. The summed E-state index contributed by atoms with van der Waals surface area (Å²) in [6.45, 7) is 9.13. The summed E-state index contributed by atoms with van der Waals surface area (Å²) in [4.78, 5) is 34.1. The average molecular weight is 490 g/mol. The van der Waals surface area contributed by atoms with Gasteiger partial charge in [-0.2, -0.15) is 4.98 Å². The molecule has 0 saturated heterocycles. The van der Waals surface area contributed by atoms with Gasteiger partial charge in [0.1, 0.15) is 17.0 Å². The highest BCUT2D eigenvalue weighted by atomic mass is 16.6. The number of cyclic esters (lactones) is 1.